The Kier molecular flexibility index (Phi) is 2.74. The fourth-order valence-electron chi connectivity index (χ4n) is 4.90. The van der Waals surface area contributed by atoms with Crippen LogP contribution < -0.4 is 0 Å². The van der Waals surface area contributed by atoms with E-state index in [4.69, 9.17) is 0 Å². The monoisotopic (exact) mass is 369 g/mol. The highest BCUT2D eigenvalue weighted by Crippen LogP contribution is 2.47. The summed E-state index contributed by atoms with van der Waals surface area (Å²) in [5.74, 6) is 0. The summed E-state index contributed by atoms with van der Waals surface area (Å²) in [6.07, 6.45) is 3.55. The normalized spacial score (nSPS) is 12.1. The molecule has 2 aromatic heterocycles. The third-order valence-electron chi connectivity index (χ3n) is 6.05. The first kappa shape index (κ1) is 15.0. The number of hydrogen-bond acceptors (Lipinski definition) is 2. The van der Waals surface area contributed by atoms with Gasteiger partial charge in [0.25, 0.3) is 0 Å². The molecular weight excluding hydrogens is 354 g/mol. The molecule has 0 saturated carbocycles. The molecule has 1 aliphatic carbocycles. The minimum absolute atomic E-state index is 0.979. The van der Waals surface area contributed by atoms with Gasteiger partial charge >= 0.3 is 0 Å². The Bertz CT molecular complexity index is 1530. The Morgan fingerprint density at radius 1 is 0.517 bits per heavy atom. The maximum atomic E-state index is 4.62. The lowest BCUT2D eigenvalue weighted by molar-refractivity contribution is 1.20. The SMILES string of the molecule is c1cc2c3c(ccc(-n4c5ccccc5c5ccccc54)c3c1)-c1nccnc1-2. The van der Waals surface area contributed by atoms with E-state index >= 15 is 0 Å². The van der Waals surface area contributed by atoms with E-state index < -0.39 is 0 Å². The van der Waals surface area contributed by atoms with Gasteiger partial charge in [-0.1, -0.05) is 54.6 Å². The minimum atomic E-state index is 0.979. The highest BCUT2D eigenvalue weighted by Gasteiger charge is 2.25. The molecule has 0 unspecified atom stereocenters. The van der Waals surface area contributed by atoms with E-state index in [2.05, 4.69) is 93.4 Å². The number of hydrogen-bond donors (Lipinski definition) is 0. The van der Waals surface area contributed by atoms with E-state index in [1.165, 1.54) is 49.4 Å². The molecule has 0 amide bonds. The van der Waals surface area contributed by atoms with Gasteiger partial charge < -0.3 is 4.57 Å². The second-order valence-corrected chi connectivity index (χ2v) is 7.48. The number of para-hydroxylation sites is 2. The van der Waals surface area contributed by atoms with Crippen molar-refractivity contribution < 1.29 is 0 Å². The summed E-state index contributed by atoms with van der Waals surface area (Å²) in [6.45, 7) is 0. The third kappa shape index (κ3) is 1.82. The van der Waals surface area contributed by atoms with Crippen LogP contribution >= 0.6 is 0 Å². The van der Waals surface area contributed by atoms with Gasteiger partial charge in [-0.2, -0.15) is 0 Å². The lowest BCUT2D eigenvalue weighted by Crippen LogP contribution is -1.95. The first-order valence-electron chi connectivity index (χ1n) is 9.78. The van der Waals surface area contributed by atoms with Crippen molar-refractivity contribution in [1.29, 1.82) is 0 Å². The molecule has 3 nitrogen and oxygen atoms in total. The Morgan fingerprint density at radius 3 is 1.79 bits per heavy atom. The summed E-state index contributed by atoms with van der Waals surface area (Å²) in [6, 6.07) is 28.2. The van der Waals surface area contributed by atoms with Gasteiger partial charge in [-0.15, -0.1) is 0 Å². The van der Waals surface area contributed by atoms with Crippen molar-refractivity contribution in [2.24, 2.45) is 0 Å². The van der Waals surface area contributed by atoms with Crippen LogP contribution in [0.3, 0.4) is 0 Å². The van der Waals surface area contributed by atoms with E-state index in [0.717, 1.165) is 11.4 Å². The quantitative estimate of drug-likeness (QED) is 0.336. The van der Waals surface area contributed by atoms with Gasteiger partial charge in [-0.25, -0.2) is 0 Å². The second kappa shape index (κ2) is 5.30. The smallest absolute Gasteiger partial charge is 0.0971 e. The molecule has 134 valence electrons. The lowest BCUT2D eigenvalue weighted by atomic mass is 10.0. The second-order valence-electron chi connectivity index (χ2n) is 7.48. The zero-order chi connectivity index (χ0) is 18.9. The van der Waals surface area contributed by atoms with Gasteiger partial charge in [0, 0.05) is 45.1 Å². The van der Waals surface area contributed by atoms with Crippen LogP contribution in [0.2, 0.25) is 0 Å². The average Bonchev–Trinajstić information content (AvgIpc) is 3.29. The van der Waals surface area contributed by atoms with Crippen LogP contribution in [0.5, 0.6) is 0 Å². The van der Waals surface area contributed by atoms with Crippen molar-refractivity contribution in [2.45, 2.75) is 0 Å². The number of nitrogens with zero attached hydrogens (tertiary/aromatic N) is 3. The highest BCUT2D eigenvalue weighted by atomic mass is 15.0. The topological polar surface area (TPSA) is 30.7 Å². The molecule has 29 heavy (non-hydrogen) atoms. The Balaban J connectivity index is 1.67. The van der Waals surface area contributed by atoms with Crippen molar-refractivity contribution in [3.05, 3.63) is 91.3 Å². The predicted molar refractivity (Wildman–Crippen MR) is 118 cm³/mol. The van der Waals surface area contributed by atoms with Crippen LogP contribution in [0.15, 0.2) is 91.3 Å². The standard InChI is InChI=1S/C26H15N3/c1-3-10-21-16(6-1)17-7-2-4-11-22(17)29(21)23-13-12-20-24-18(23)8-5-9-19(24)25-26(20)28-15-14-27-25/h1-15H. The van der Waals surface area contributed by atoms with Crippen LogP contribution in [0.4, 0.5) is 0 Å². The van der Waals surface area contributed by atoms with E-state index in [1.54, 1.807) is 12.4 Å². The van der Waals surface area contributed by atoms with Crippen LogP contribution in [0.1, 0.15) is 0 Å². The van der Waals surface area contributed by atoms with Crippen molar-refractivity contribution in [1.82, 2.24) is 14.5 Å². The minimum Gasteiger partial charge on any atom is -0.309 e. The van der Waals surface area contributed by atoms with Gasteiger partial charge in [0.15, 0.2) is 0 Å². The fraction of sp³-hybridized carbons (Fsp3) is 0. The molecule has 6 aromatic rings. The van der Waals surface area contributed by atoms with E-state index in [1.807, 2.05) is 0 Å². The zero-order valence-corrected chi connectivity index (χ0v) is 15.5. The molecule has 0 fully saturated rings. The fourth-order valence-corrected chi connectivity index (χ4v) is 4.90. The van der Waals surface area contributed by atoms with Gasteiger partial charge in [0.05, 0.1) is 28.1 Å². The molecule has 2 heterocycles. The summed E-state index contributed by atoms with van der Waals surface area (Å²) in [5.41, 5.74) is 7.93. The van der Waals surface area contributed by atoms with Gasteiger partial charge in [-0.3, -0.25) is 9.97 Å². The molecule has 0 radical (unpaired) electrons. The molecule has 0 bridgehead atoms. The lowest BCUT2D eigenvalue weighted by Gasteiger charge is -2.13. The zero-order valence-electron chi connectivity index (χ0n) is 15.5. The molecule has 0 N–H and O–H groups in total. The Morgan fingerprint density at radius 2 is 1.10 bits per heavy atom. The van der Waals surface area contributed by atoms with E-state index in [0.29, 0.717) is 0 Å². The summed E-state index contributed by atoms with van der Waals surface area (Å²) in [7, 11) is 0. The van der Waals surface area contributed by atoms with Crippen LogP contribution in [0.25, 0.3) is 60.8 Å². The highest BCUT2D eigenvalue weighted by molar-refractivity contribution is 6.17. The molecule has 0 aliphatic heterocycles. The molecule has 0 saturated heterocycles. The molecule has 0 spiro atoms. The predicted octanol–water partition coefficient (Wildman–Crippen LogP) is 6.37. The van der Waals surface area contributed by atoms with Crippen molar-refractivity contribution >= 4 is 32.6 Å². The van der Waals surface area contributed by atoms with Gasteiger partial charge in [0.2, 0.25) is 0 Å². The molecule has 1 aliphatic rings. The first-order chi connectivity index (χ1) is 14.4. The summed E-state index contributed by atoms with van der Waals surface area (Å²) in [4.78, 5) is 9.24. The molecule has 3 heteroatoms. The molecule has 4 aromatic carbocycles. The summed E-state index contributed by atoms with van der Waals surface area (Å²) >= 11 is 0. The Hall–Kier alpha value is -3.98. The number of rotatable bonds is 1. The van der Waals surface area contributed by atoms with Crippen LogP contribution in [-0.2, 0) is 0 Å². The summed E-state index contributed by atoms with van der Waals surface area (Å²) < 4.78 is 2.39. The van der Waals surface area contributed by atoms with Gasteiger partial charge in [0.1, 0.15) is 0 Å². The van der Waals surface area contributed by atoms with Crippen molar-refractivity contribution in [3.8, 4) is 28.2 Å². The number of fused-ring (bicyclic) bond motifs is 6. The molecule has 0 atom stereocenters. The van der Waals surface area contributed by atoms with Crippen LogP contribution in [-0.4, -0.2) is 14.5 Å². The largest absolute Gasteiger partial charge is 0.309 e. The molecular formula is C26H15N3. The van der Waals surface area contributed by atoms with Crippen LogP contribution in [0, 0.1) is 0 Å². The third-order valence-corrected chi connectivity index (χ3v) is 6.05. The number of aromatic nitrogens is 3. The number of benzene rings is 4. The maximum Gasteiger partial charge on any atom is 0.0971 e. The average molecular weight is 369 g/mol. The van der Waals surface area contributed by atoms with Gasteiger partial charge in [-0.05, 0) is 24.3 Å². The van der Waals surface area contributed by atoms with E-state index in [-0.39, 0.29) is 0 Å². The summed E-state index contributed by atoms with van der Waals surface area (Å²) in [5, 5.41) is 5.02. The maximum absolute atomic E-state index is 4.62. The molecule has 7 rings (SSSR count). The van der Waals surface area contributed by atoms with Crippen molar-refractivity contribution in [3.63, 3.8) is 0 Å². The van der Waals surface area contributed by atoms with E-state index in [9.17, 15) is 0 Å². The Labute approximate surface area is 166 Å². The first-order valence-corrected chi connectivity index (χ1v) is 9.78. The van der Waals surface area contributed by atoms with Crippen molar-refractivity contribution in [2.75, 3.05) is 0 Å².